The molecule has 0 unspecified atom stereocenters. The number of rotatable bonds is 42. The van der Waals surface area contributed by atoms with Crippen molar-refractivity contribution in [2.75, 3.05) is 0 Å². The smallest absolute Gasteiger partial charge is 0.493 e. The van der Waals surface area contributed by atoms with Gasteiger partial charge in [-0.25, -0.2) is 4.70 Å². The molecule has 0 fully saturated rings. The van der Waals surface area contributed by atoms with Gasteiger partial charge in [0.05, 0.1) is 0 Å². The van der Waals surface area contributed by atoms with Crippen molar-refractivity contribution in [3.63, 3.8) is 0 Å². The van der Waals surface area contributed by atoms with E-state index in [1.807, 2.05) is 0 Å². The normalized spacial score (nSPS) is 12.0. The summed E-state index contributed by atoms with van der Waals surface area (Å²) >= 11 is 0. The van der Waals surface area contributed by atoms with E-state index in [1.165, 1.54) is 269 Å². The Kier molecular flexibility index (Phi) is 48.2. The Bertz CT molecular complexity index is 1330. The number of hydrogen-bond acceptors (Lipinski definition) is 0. The van der Waals surface area contributed by atoms with Crippen LogP contribution in [0.25, 0.3) is 16.9 Å². The molecule has 0 saturated heterocycles. The summed E-state index contributed by atoms with van der Waals surface area (Å²) in [5.74, 6) is 0. The van der Waals surface area contributed by atoms with Crippen molar-refractivity contribution < 1.29 is 21.2 Å². The number of benzene rings is 2. The van der Waals surface area contributed by atoms with Gasteiger partial charge >= 0.3 is 16.5 Å². The van der Waals surface area contributed by atoms with Crippen LogP contribution in [0.3, 0.4) is 0 Å². The van der Waals surface area contributed by atoms with Gasteiger partial charge in [-0.3, -0.25) is 0 Å². The fourth-order valence-electron chi connectivity index (χ4n) is 9.62. The van der Waals surface area contributed by atoms with Crippen LogP contribution in [0.15, 0.2) is 48.6 Å². The molecule has 69 heavy (non-hydrogen) atoms. The van der Waals surface area contributed by atoms with Crippen molar-refractivity contribution in [1.82, 2.24) is 0 Å². The summed E-state index contributed by atoms with van der Waals surface area (Å²) < 4.78 is 1.50. The van der Waals surface area contributed by atoms with Crippen molar-refractivity contribution in [3.8, 4) is 0 Å². The second-order valence-corrected chi connectivity index (χ2v) is 20.8. The molecule has 0 amide bonds. The summed E-state index contributed by atoms with van der Waals surface area (Å²) in [4.78, 5) is 0. The number of unbranched alkanes of at least 4 members (excludes halogenated alkanes) is 32. The zero-order valence-corrected chi connectivity index (χ0v) is 47.9. The second kappa shape index (κ2) is 49.6. The first-order valence-electron chi connectivity index (χ1n) is 30.2. The van der Waals surface area contributed by atoms with Crippen molar-refractivity contribution in [2.24, 2.45) is 0 Å². The van der Waals surface area contributed by atoms with Gasteiger partial charge < -0.3 is 19.4 Å². The van der Waals surface area contributed by atoms with Crippen LogP contribution >= 0.6 is 0 Å². The van der Waals surface area contributed by atoms with Crippen LogP contribution in [-0.2, 0) is 42.2 Å². The molecule has 2 nitrogen and oxygen atoms in total. The molecule has 0 aliphatic carbocycles. The Balaban J connectivity index is 0.00000204. The van der Waals surface area contributed by atoms with Crippen LogP contribution in [0.2, 0.25) is 0 Å². The van der Waals surface area contributed by atoms with Crippen LogP contribution in [0.1, 0.15) is 319 Å². The fraction of sp³-hybridized carbons (Fsp3) is 0.727. The summed E-state index contributed by atoms with van der Waals surface area (Å²) in [6.45, 7) is 21.3. The van der Waals surface area contributed by atoms with Crippen molar-refractivity contribution in [3.05, 3.63) is 101 Å². The molecule has 2 aromatic carbocycles. The summed E-state index contributed by atoms with van der Waals surface area (Å²) in [5.41, 5.74) is 21.7. The molecule has 1 aliphatic heterocycles. The molecular weight excluding hydrogens is 879 g/mol. The minimum atomic E-state index is 0. The van der Waals surface area contributed by atoms with Crippen LogP contribution in [-0.4, -0.2) is 4.70 Å². The molecule has 398 valence electrons. The Morgan fingerprint density at radius 1 is 0.304 bits per heavy atom. The van der Waals surface area contributed by atoms with E-state index >= 15 is 0 Å². The van der Waals surface area contributed by atoms with Crippen LogP contribution in [0.4, 0.5) is 0 Å². The minimum absolute atomic E-state index is 0. The van der Waals surface area contributed by atoms with Crippen molar-refractivity contribution in [1.29, 1.82) is 0 Å². The molecule has 0 radical (unpaired) electrons. The molecule has 0 saturated carbocycles. The number of nitrogens with zero attached hydrogens (tertiary/aromatic N) is 2. The first-order chi connectivity index (χ1) is 33.4. The number of hydrogen-bond donors (Lipinski definition) is 0. The summed E-state index contributed by atoms with van der Waals surface area (Å²) in [6.07, 6.45) is 59.5. The molecule has 2 aromatic rings. The molecule has 0 bridgehead atoms. The zero-order valence-electron chi connectivity index (χ0n) is 46.9. The number of allylic oxidation sites excluding steroid dienone is 2. The Morgan fingerprint density at radius 3 is 0.725 bits per heavy atom. The summed E-state index contributed by atoms with van der Waals surface area (Å²) in [6, 6.07) is 14.4. The second-order valence-electron chi connectivity index (χ2n) is 20.8. The van der Waals surface area contributed by atoms with E-state index in [4.69, 9.17) is 0 Å². The topological polar surface area (TPSA) is 25.3 Å². The van der Waals surface area contributed by atoms with E-state index in [0.29, 0.717) is 0 Å². The van der Waals surface area contributed by atoms with E-state index in [2.05, 4.69) is 104 Å². The predicted octanol–water partition coefficient (Wildman–Crippen LogP) is 22.9. The molecule has 0 spiro atoms. The summed E-state index contributed by atoms with van der Waals surface area (Å²) in [5, 5.41) is 0. The maximum absolute atomic E-state index is 11.8. The monoisotopic (exact) mass is 993 g/mol. The first-order valence-corrected chi connectivity index (χ1v) is 30.2. The average molecular weight is 994 g/mol. The van der Waals surface area contributed by atoms with E-state index in [0.717, 1.165) is 49.9 Å². The van der Waals surface area contributed by atoms with Gasteiger partial charge in [-0.15, -0.1) is 0 Å². The standard InChI is InChI=1S/C48H76N2.2C9H19.Ni/c1-5-9-13-17-21-25-29-41-35-42(30-26-22-18-14-10-6-2)38-45(37-41)47-33-34-48(50(47)49)46-39-43(31-27-23-19-15-11-7-3)36-44(40-46)32-28-24-20-16-12-8-4;2*1-3-5-7-9-8-6-4-2;/h33-40H,5-32H2,1-4H3;2*1,3-9H2,2H3;/q;2*-1;+2. The Hall–Kier alpha value is -1.99. The molecule has 3 rings (SSSR count). The zero-order chi connectivity index (χ0) is 49.6. The van der Waals surface area contributed by atoms with Gasteiger partial charge in [-0.2, -0.15) is 12.8 Å². The Labute approximate surface area is 442 Å². The van der Waals surface area contributed by atoms with E-state index in [9.17, 15) is 5.53 Å². The van der Waals surface area contributed by atoms with Crippen LogP contribution in [0, 0.1) is 13.8 Å². The van der Waals surface area contributed by atoms with Gasteiger partial charge in [0.25, 0.3) is 0 Å². The summed E-state index contributed by atoms with van der Waals surface area (Å²) in [7, 11) is 0. The third kappa shape index (κ3) is 35.7. The predicted molar refractivity (Wildman–Crippen MR) is 307 cm³/mol. The van der Waals surface area contributed by atoms with Gasteiger partial charge in [-0.1, -0.05) is 259 Å². The van der Waals surface area contributed by atoms with E-state index < -0.39 is 0 Å². The molecular formula is C66H114N2Ni. The van der Waals surface area contributed by atoms with Crippen LogP contribution in [0.5, 0.6) is 0 Å². The van der Waals surface area contributed by atoms with Gasteiger partial charge in [-0.05, 0) is 97.9 Å². The third-order valence-corrected chi connectivity index (χ3v) is 14.0. The molecule has 1 aliphatic rings. The minimum Gasteiger partial charge on any atom is -0.493 e. The third-order valence-electron chi connectivity index (χ3n) is 14.0. The molecule has 1 heterocycles. The SMILES string of the molecule is CCCCCCCCc1cc(CCCCCCCC)cc(C2=CC=C(c3cc(CCCCCCCC)cc(CCCCCCCC)c3)[N+]2=[N-])c1.[CH2-]CCCCCCCC.[CH2-]CCCCCCCC.[Ni+2]. The van der Waals surface area contributed by atoms with Gasteiger partial charge in [0.1, 0.15) is 0 Å². The maximum atomic E-state index is 11.8. The van der Waals surface area contributed by atoms with Crippen molar-refractivity contribution in [2.45, 2.75) is 311 Å². The average Bonchev–Trinajstić information content (AvgIpc) is 3.74. The van der Waals surface area contributed by atoms with E-state index in [-0.39, 0.29) is 16.5 Å². The molecule has 0 aromatic heterocycles. The largest absolute Gasteiger partial charge is 2.00 e. The van der Waals surface area contributed by atoms with E-state index in [1.54, 1.807) is 0 Å². The van der Waals surface area contributed by atoms with Gasteiger partial charge in [0.2, 0.25) is 11.4 Å². The van der Waals surface area contributed by atoms with Crippen molar-refractivity contribution >= 4 is 11.4 Å². The Morgan fingerprint density at radius 2 is 0.507 bits per heavy atom. The fourth-order valence-corrected chi connectivity index (χ4v) is 9.62. The quantitative estimate of drug-likeness (QED) is 0.0274. The van der Waals surface area contributed by atoms with Gasteiger partial charge in [0.15, 0.2) is 0 Å². The maximum Gasteiger partial charge on any atom is 2.00 e. The van der Waals surface area contributed by atoms with Gasteiger partial charge in [0, 0.05) is 23.3 Å². The molecule has 0 atom stereocenters. The molecule has 3 heteroatoms. The molecule has 0 N–H and O–H groups in total. The van der Waals surface area contributed by atoms with Crippen LogP contribution < -0.4 is 0 Å². The first kappa shape index (κ1) is 67.0. The number of aryl methyl sites for hydroxylation is 4.